The number of anilines is 1. The van der Waals surface area contributed by atoms with Gasteiger partial charge in [0.25, 0.3) is 15.9 Å². The predicted octanol–water partition coefficient (Wildman–Crippen LogP) is 5.06. The molecule has 3 rings (SSSR count). The fourth-order valence-electron chi connectivity index (χ4n) is 2.47. The Morgan fingerprint density at radius 3 is 2.07 bits per heavy atom. The highest BCUT2D eigenvalue weighted by Crippen LogP contribution is 2.19. The van der Waals surface area contributed by atoms with Crippen molar-refractivity contribution in [1.82, 2.24) is 5.43 Å². The van der Waals surface area contributed by atoms with E-state index in [-0.39, 0.29) is 4.90 Å². The van der Waals surface area contributed by atoms with Crippen molar-refractivity contribution >= 4 is 54.9 Å². The Kier molecular flexibility index (Phi) is 6.91. The second-order valence-electron chi connectivity index (χ2n) is 6.28. The van der Waals surface area contributed by atoms with Gasteiger partial charge in [0.05, 0.1) is 10.6 Å². The molecule has 6 nitrogen and oxygen atoms in total. The monoisotopic (exact) mass is 505 g/mol. The summed E-state index contributed by atoms with van der Waals surface area (Å²) >= 11 is 9.13. The number of hydrogen-bond donors (Lipinski definition) is 2. The van der Waals surface area contributed by atoms with E-state index >= 15 is 0 Å². The topological polar surface area (TPSA) is 87.6 Å². The number of nitrogens with zero attached hydrogens (tertiary/aromatic N) is 1. The summed E-state index contributed by atoms with van der Waals surface area (Å²) in [7, 11) is -3.72. The molecule has 0 bridgehead atoms. The van der Waals surface area contributed by atoms with Crippen LogP contribution in [0.4, 0.5) is 5.69 Å². The van der Waals surface area contributed by atoms with E-state index in [9.17, 15) is 13.2 Å². The Labute approximate surface area is 188 Å². The summed E-state index contributed by atoms with van der Waals surface area (Å²) in [4.78, 5) is 12.4. The number of halogens is 2. The molecule has 0 saturated heterocycles. The van der Waals surface area contributed by atoms with Gasteiger partial charge in [-0.25, -0.2) is 13.8 Å². The number of benzene rings is 3. The van der Waals surface area contributed by atoms with Crippen molar-refractivity contribution in [1.29, 1.82) is 0 Å². The Morgan fingerprint density at radius 2 is 1.47 bits per heavy atom. The molecule has 9 heteroatoms. The van der Waals surface area contributed by atoms with Gasteiger partial charge in [-0.2, -0.15) is 5.10 Å². The quantitative estimate of drug-likeness (QED) is 0.362. The average molecular weight is 507 g/mol. The van der Waals surface area contributed by atoms with Gasteiger partial charge >= 0.3 is 0 Å². The largest absolute Gasteiger partial charge is 0.280 e. The molecule has 2 N–H and O–H groups in total. The van der Waals surface area contributed by atoms with E-state index in [2.05, 4.69) is 31.2 Å². The Hall–Kier alpha value is -2.68. The van der Waals surface area contributed by atoms with Crippen molar-refractivity contribution in [2.45, 2.75) is 11.8 Å². The first-order chi connectivity index (χ1) is 14.2. The van der Waals surface area contributed by atoms with Crippen LogP contribution < -0.4 is 10.1 Å². The second kappa shape index (κ2) is 9.42. The molecule has 0 radical (unpaired) electrons. The molecule has 3 aromatic rings. The highest BCUT2D eigenvalue weighted by Gasteiger charge is 2.14. The summed E-state index contributed by atoms with van der Waals surface area (Å²) < 4.78 is 28.1. The van der Waals surface area contributed by atoms with Crippen LogP contribution >= 0.6 is 27.5 Å². The molecule has 0 fully saturated rings. The SMILES string of the molecule is C/C(=N/NC(=O)c1ccc(NS(=O)(=O)c2ccc(Br)cc2)cc1)c1ccc(Cl)cc1. The van der Waals surface area contributed by atoms with Gasteiger partial charge in [-0.3, -0.25) is 9.52 Å². The van der Waals surface area contributed by atoms with Crippen LogP contribution in [0.1, 0.15) is 22.8 Å². The van der Waals surface area contributed by atoms with Gasteiger partial charge in [0.2, 0.25) is 0 Å². The molecule has 0 atom stereocenters. The van der Waals surface area contributed by atoms with Crippen LogP contribution in [0, 0.1) is 0 Å². The van der Waals surface area contributed by atoms with E-state index in [0.29, 0.717) is 22.0 Å². The molecular formula is C21H17BrClN3O3S. The molecule has 0 spiro atoms. The fraction of sp³-hybridized carbons (Fsp3) is 0.0476. The molecule has 0 unspecified atom stereocenters. The van der Waals surface area contributed by atoms with Crippen LogP contribution in [0.2, 0.25) is 5.02 Å². The third-order valence-corrected chi connectivity index (χ3v) is 6.29. The van der Waals surface area contributed by atoms with E-state index in [1.54, 1.807) is 43.3 Å². The zero-order chi connectivity index (χ0) is 21.7. The summed E-state index contributed by atoms with van der Waals surface area (Å²) in [6, 6.07) is 19.4. The molecule has 1 amide bonds. The van der Waals surface area contributed by atoms with Crippen LogP contribution in [-0.2, 0) is 10.0 Å². The van der Waals surface area contributed by atoms with Crippen molar-refractivity contribution in [2.75, 3.05) is 4.72 Å². The number of sulfonamides is 1. The molecule has 3 aromatic carbocycles. The van der Waals surface area contributed by atoms with Crippen molar-refractivity contribution in [3.8, 4) is 0 Å². The van der Waals surface area contributed by atoms with Crippen molar-refractivity contribution in [3.05, 3.63) is 93.4 Å². The van der Waals surface area contributed by atoms with Crippen LogP contribution in [-0.4, -0.2) is 20.0 Å². The normalized spacial score (nSPS) is 11.8. The van der Waals surface area contributed by atoms with Crippen LogP contribution in [0.5, 0.6) is 0 Å². The number of carbonyl (C=O) groups excluding carboxylic acids is 1. The minimum Gasteiger partial charge on any atom is -0.280 e. The Morgan fingerprint density at radius 1 is 0.900 bits per heavy atom. The predicted molar refractivity (Wildman–Crippen MR) is 123 cm³/mol. The fourth-order valence-corrected chi connectivity index (χ4v) is 3.92. The Balaban J connectivity index is 1.66. The number of hydrogen-bond acceptors (Lipinski definition) is 4. The highest BCUT2D eigenvalue weighted by atomic mass is 79.9. The number of carbonyl (C=O) groups is 1. The van der Waals surface area contributed by atoms with Gasteiger partial charge in [-0.1, -0.05) is 39.7 Å². The number of rotatable bonds is 6. The second-order valence-corrected chi connectivity index (χ2v) is 9.32. The maximum Gasteiger partial charge on any atom is 0.271 e. The Bertz CT molecular complexity index is 1180. The highest BCUT2D eigenvalue weighted by molar-refractivity contribution is 9.10. The van der Waals surface area contributed by atoms with Gasteiger partial charge in [-0.15, -0.1) is 0 Å². The van der Waals surface area contributed by atoms with Crippen molar-refractivity contribution in [2.24, 2.45) is 5.10 Å². The lowest BCUT2D eigenvalue weighted by Gasteiger charge is -2.09. The van der Waals surface area contributed by atoms with E-state index in [1.807, 2.05) is 0 Å². The minimum absolute atomic E-state index is 0.138. The number of amides is 1. The molecule has 0 aromatic heterocycles. The zero-order valence-corrected chi connectivity index (χ0v) is 18.9. The van der Waals surface area contributed by atoms with E-state index < -0.39 is 15.9 Å². The first-order valence-corrected chi connectivity index (χ1v) is 11.4. The maximum atomic E-state index is 12.4. The maximum absolute atomic E-state index is 12.4. The summed E-state index contributed by atoms with van der Waals surface area (Å²) in [6.07, 6.45) is 0. The molecule has 0 heterocycles. The minimum atomic E-state index is -3.72. The van der Waals surface area contributed by atoms with Gasteiger partial charge < -0.3 is 0 Å². The molecule has 0 aliphatic heterocycles. The molecule has 0 aliphatic rings. The van der Waals surface area contributed by atoms with Gasteiger partial charge in [0.1, 0.15) is 0 Å². The van der Waals surface area contributed by atoms with Crippen molar-refractivity contribution in [3.63, 3.8) is 0 Å². The van der Waals surface area contributed by atoms with Crippen molar-refractivity contribution < 1.29 is 13.2 Å². The molecule has 154 valence electrons. The zero-order valence-electron chi connectivity index (χ0n) is 15.8. The van der Waals surface area contributed by atoms with Gasteiger partial charge in [0, 0.05) is 20.7 Å². The lowest BCUT2D eigenvalue weighted by molar-refractivity contribution is 0.0955. The molecule has 30 heavy (non-hydrogen) atoms. The smallest absolute Gasteiger partial charge is 0.271 e. The molecule has 0 aliphatic carbocycles. The van der Waals surface area contributed by atoms with Gasteiger partial charge in [-0.05, 0) is 73.2 Å². The average Bonchev–Trinajstić information content (AvgIpc) is 2.73. The lowest BCUT2D eigenvalue weighted by atomic mass is 10.1. The van der Waals surface area contributed by atoms with E-state index in [4.69, 9.17) is 11.6 Å². The van der Waals surface area contributed by atoms with E-state index in [1.165, 1.54) is 36.4 Å². The standard InChI is InChI=1S/C21H17BrClN3O3S/c1-14(15-2-8-18(23)9-3-15)24-25-21(27)16-4-10-19(11-5-16)26-30(28,29)20-12-6-17(22)7-13-20/h2-13,26H,1H3,(H,25,27)/b24-14-. The first kappa shape index (κ1) is 22.0. The van der Waals surface area contributed by atoms with Crippen LogP contribution in [0.3, 0.4) is 0 Å². The number of nitrogens with one attached hydrogen (secondary N) is 2. The third kappa shape index (κ3) is 5.69. The van der Waals surface area contributed by atoms with Crippen LogP contribution in [0.25, 0.3) is 0 Å². The van der Waals surface area contributed by atoms with E-state index in [0.717, 1.165) is 10.0 Å². The summed E-state index contributed by atoms with van der Waals surface area (Å²) in [5.74, 6) is -0.411. The first-order valence-electron chi connectivity index (χ1n) is 8.73. The summed E-state index contributed by atoms with van der Waals surface area (Å²) in [5, 5.41) is 4.70. The lowest BCUT2D eigenvalue weighted by Crippen LogP contribution is -2.19. The molecular weight excluding hydrogens is 490 g/mol. The summed E-state index contributed by atoms with van der Waals surface area (Å²) in [6.45, 7) is 1.77. The van der Waals surface area contributed by atoms with Crippen LogP contribution in [0.15, 0.2) is 87.3 Å². The molecule has 0 saturated carbocycles. The summed E-state index contributed by atoms with van der Waals surface area (Å²) in [5.41, 5.74) is 4.62. The third-order valence-electron chi connectivity index (χ3n) is 4.11. The number of hydrazone groups is 1. The van der Waals surface area contributed by atoms with Gasteiger partial charge in [0.15, 0.2) is 0 Å².